The summed E-state index contributed by atoms with van der Waals surface area (Å²) >= 11 is 6.02. The van der Waals surface area contributed by atoms with Gasteiger partial charge in [0.2, 0.25) is 0 Å². The predicted molar refractivity (Wildman–Crippen MR) is 59.0 cm³/mol. The molecule has 0 heterocycles. The molecule has 0 unspecified atom stereocenters. The van der Waals surface area contributed by atoms with Crippen molar-refractivity contribution in [3.8, 4) is 0 Å². The van der Waals surface area contributed by atoms with Gasteiger partial charge in [-0.05, 0) is 18.4 Å². The van der Waals surface area contributed by atoms with Crippen LogP contribution in [0.25, 0.3) is 10.8 Å². The molecule has 0 fully saturated rings. The quantitative estimate of drug-likeness (QED) is 0.648. The van der Waals surface area contributed by atoms with E-state index in [1.54, 1.807) is 6.92 Å². The van der Waals surface area contributed by atoms with Crippen molar-refractivity contribution in [2.45, 2.75) is 6.92 Å². The van der Waals surface area contributed by atoms with Crippen LogP contribution in [0.15, 0.2) is 36.4 Å². The number of hydrogen-bond donors (Lipinski definition) is 0. The van der Waals surface area contributed by atoms with E-state index in [-0.39, 0.29) is 5.78 Å². The van der Waals surface area contributed by atoms with Gasteiger partial charge in [0.1, 0.15) is 0 Å². The molecule has 0 amide bonds. The molecule has 0 N–H and O–H groups in total. The number of carbonyl (C=O) groups excluding carboxylic acids is 1. The van der Waals surface area contributed by atoms with E-state index in [0.29, 0.717) is 5.02 Å². The smallest absolute Gasteiger partial charge is 0.160 e. The van der Waals surface area contributed by atoms with Crippen LogP contribution in [0.1, 0.15) is 17.3 Å². The normalized spacial score (nSPS) is 10.4. The van der Waals surface area contributed by atoms with E-state index in [1.807, 2.05) is 36.4 Å². The maximum absolute atomic E-state index is 11.3. The van der Waals surface area contributed by atoms with E-state index in [1.165, 1.54) is 0 Å². The summed E-state index contributed by atoms with van der Waals surface area (Å²) in [6.07, 6.45) is 0. The van der Waals surface area contributed by atoms with Gasteiger partial charge in [0, 0.05) is 16.0 Å². The van der Waals surface area contributed by atoms with Crippen LogP contribution in [0.3, 0.4) is 0 Å². The molecule has 0 radical (unpaired) electrons. The second kappa shape index (κ2) is 3.43. The Balaban J connectivity index is 2.88. The zero-order valence-electron chi connectivity index (χ0n) is 7.75. The van der Waals surface area contributed by atoms with E-state index in [2.05, 4.69) is 0 Å². The van der Waals surface area contributed by atoms with Gasteiger partial charge >= 0.3 is 0 Å². The average Bonchev–Trinajstić information content (AvgIpc) is 2.17. The number of hydrogen-bond acceptors (Lipinski definition) is 1. The summed E-state index contributed by atoms with van der Waals surface area (Å²) in [6.45, 7) is 1.57. The predicted octanol–water partition coefficient (Wildman–Crippen LogP) is 3.70. The first kappa shape index (κ1) is 9.22. The van der Waals surface area contributed by atoms with Crippen LogP contribution in [0.5, 0.6) is 0 Å². The van der Waals surface area contributed by atoms with Crippen LogP contribution in [0.2, 0.25) is 5.02 Å². The van der Waals surface area contributed by atoms with E-state index < -0.39 is 0 Å². The minimum atomic E-state index is 0.0675. The van der Waals surface area contributed by atoms with E-state index in [0.717, 1.165) is 16.3 Å². The van der Waals surface area contributed by atoms with Gasteiger partial charge in [0.05, 0.1) is 0 Å². The summed E-state index contributed by atoms with van der Waals surface area (Å²) < 4.78 is 0. The molecule has 1 nitrogen and oxygen atoms in total. The molecule has 70 valence electrons. The van der Waals surface area contributed by atoms with Crippen molar-refractivity contribution in [3.05, 3.63) is 47.0 Å². The Labute approximate surface area is 87.3 Å². The fourth-order valence-corrected chi connectivity index (χ4v) is 1.82. The summed E-state index contributed by atoms with van der Waals surface area (Å²) in [5.74, 6) is 0.0675. The van der Waals surface area contributed by atoms with Crippen LogP contribution in [0.4, 0.5) is 0 Å². The van der Waals surface area contributed by atoms with Crippen molar-refractivity contribution in [1.82, 2.24) is 0 Å². The number of rotatable bonds is 1. The number of ketones is 1. The third kappa shape index (κ3) is 1.40. The first-order valence-electron chi connectivity index (χ1n) is 4.38. The number of fused-ring (bicyclic) bond motifs is 1. The van der Waals surface area contributed by atoms with Gasteiger partial charge in [-0.2, -0.15) is 0 Å². The van der Waals surface area contributed by atoms with Crippen LogP contribution in [0, 0.1) is 0 Å². The van der Waals surface area contributed by atoms with Gasteiger partial charge in [-0.15, -0.1) is 0 Å². The Kier molecular flexibility index (Phi) is 2.26. The molecule has 0 aromatic heterocycles. The highest BCUT2D eigenvalue weighted by atomic mass is 35.5. The van der Waals surface area contributed by atoms with Crippen molar-refractivity contribution < 1.29 is 4.79 Å². The van der Waals surface area contributed by atoms with Crippen LogP contribution in [-0.4, -0.2) is 5.78 Å². The zero-order valence-corrected chi connectivity index (χ0v) is 8.51. The standard InChI is InChI=1S/C12H9ClO/c1-8(14)9-4-2-6-11-10(9)5-3-7-12(11)13/h2-7H,1H3. The van der Waals surface area contributed by atoms with Crippen LogP contribution in [-0.2, 0) is 0 Å². The van der Waals surface area contributed by atoms with Gasteiger partial charge in [-0.25, -0.2) is 0 Å². The molecule has 2 rings (SSSR count). The fourth-order valence-electron chi connectivity index (χ4n) is 1.58. The lowest BCUT2D eigenvalue weighted by atomic mass is 10.0. The largest absolute Gasteiger partial charge is 0.294 e. The third-order valence-electron chi connectivity index (χ3n) is 2.25. The second-order valence-corrected chi connectivity index (χ2v) is 3.60. The lowest BCUT2D eigenvalue weighted by molar-refractivity contribution is 0.101. The average molecular weight is 205 g/mol. The van der Waals surface area contributed by atoms with Crippen molar-refractivity contribution in [1.29, 1.82) is 0 Å². The molecule has 0 aliphatic rings. The first-order chi connectivity index (χ1) is 6.70. The highest BCUT2D eigenvalue weighted by molar-refractivity contribution is 6.36. The number of halogens is 1. The molecule has 0 aliphatic carbocycles. The Hall–Kier alpha value is -1.34. The summed E-state index contributed by atoms with van der Waals surface area (Å²) in [5, 5.41) is 2.54. The monoisotopic (exact) mass is 204 g/mol. The summed E-state index contributed by atoms with van der Waals surface area (Å²) in [5.41, 5.74) is 0.727. The maximum Gasteiger partial charge on any atom is 0.160 e. The fraction of sp³-hybridized carbons (Fsp3) is 0.0833. The highest BCUT2D eigenvalue weighted by Gasteiger charge is 2.06. The molecule has 2 aromatic rings. The van der Waals surface area contributed by atoms with Crippen molar-refractivity contribution in [2.75, 3.05) is 0 Å². The molecule has 0 bridgehead atoms. The van der Waals surface area contributed by atoms with E-state index >= 15 is 0 Å². The van der Waals surface area contributed by atoms with Gasteiger partial charge in [0.15, 0.2) is 5.78 Å². The van der Waals surface area contributed by atoms with Gasteiger partial charge in [-0.1, -0.05) is 41.9 Å². The molecular formula is C12H9ClO. The Morgan fingerprint density at radius 1 is 1.07 bits per heavy atom. The van der Waals surface area contributed by atoms with Crippen LogP contribution >= 0.6 is 11.6 Å². The molecule has 0 aliphatic heterocycles. The van der Waals surface area contributed by atoms with Crippen molar-refractivity contribution in [2.24, 2.45) is 0 Å². The molecule has 2 aromatic carbocycles. The van der Waals surface area contributed by atoms with Gasteiger partial charge in [-0.3, -0.25) is 4.79 Å². The van der Waals surface area contributed by atoms with Crippen LogP contribution < -0.4 is 0 Å². The molecule has 2 heteroatoms. The minimum absolute atomic E-state index is 0.0675. The lowest BCUT2D eigenvalue weighted by Crippen LogP contribution is -1.92. The van der Waals surface area contributed by atoms with E-state index in [9.17, 15) is 4.79 Å². The molecular weight excluding hydrogens is 196 g/mol. The highest BCUT2D eigenvalue weighted by Crippen LogP contribution is 2.25. The second-order valence-electron chi connectivity index (χ2n) is 3.20. The molecule has 0 spiro atoms. The van der Waals surface area contributed by atoms with Crippen molar-refractivity contribution >= 4 is 28.2 Å². The Morgan fingerprint density at radius 2 is 1.71 bits per heavy atom. The molecule has 0 saturated heterocycles. The summed E-state index contributed by atoms with van der Waals surface area (Å²) in [4.78, 5) is 11.3. The Morgan fingerprint density at radius 3 is 2.43 bits per heavy atom. The van der Waals surface area contributed by atoms with Gasteiger partial charge < -0.3 is 0 Å². The van der Waals surface area contributed by atoms with Crippen molar-refractivity contribution in [3.63, 3.8) is 0 Å². The summed E-state index contributed by atoms with van der Waals surface area (Å²) in [6, 6.07) is 11.2. The lowest BCUT2D eigenvalue weighted by Gasteiger charge is -2.03. The van der Waals surface area contributed by atoms with E-state index in [4.69, 9.17) is 11.6 Å². The topological polar surface area (TPSA) is 17.1 Å². The molecule has 0 saturated carbocycles. The van der Waals surface area contributed by atoms with Gasteiger partial charge in [0.25, 0.3) is 0 Å². The first-order valence-corrected chi connectivity index (χ1v) is 4.76. The third-order valence-corrected chi connectivity index (χ3v) is 2.58. The number of benzene rings is 2. The Bertz CT molecular complexity index is 503. The summed E-state index contributed by atoms with van der Waals surface area (Å²) in [7, 11) is 0. The minimum Gasteiger partial charge on any atom is -0.294 e. The maximum atomic E-state index is 11.3. The number of carbonyl (C=O) groups is 1. The molecule has 0 atom stereocenters. The SMILES string of the molecule is CC(=O)c1cccc2c(Cl)cccc12. The zero-order chi connectivity index (χ0) is 10.1. The number of Topliss-reactive ketones (excluding diaryl/α,β-unsaturated/α-hetero) is 1. The molecule has 14 heavy (non-hydrogen) atoms.